The van der Waals surface area contributed by atoms with Crippen LogP contribution in [0.25, 0.3) is 0 Å². The normalized spacial score (nSPS) is 20.8. The molecule has 182 valence electrons. The van der Waals surface area contributed by atoms with Crippen LogP contribution in [0.3, 0.4) is 0 Å². The third kappa shape index (κ3) is 5.24. The number of pyridine rings is 1. The van der Waals surface area contributed by atoms with Gasteiger partial charge >= 0.3 is 0 Å². The summed E-state index contributed by atoms with van der Waals surface area (Å²) in [6.45, 7) is 4.25. The van der Waals surface area contributed by atoms with E-state index in [4.69, 9.17) is 0 Å². The lowest BCUT2D eigenvalue weighted by Crippen LogP contribution is -2.45. The number of hydrogen-bond acceptors (Lipinski definition) is 6. The van der Waals surface area contributed by atoms with Crippen molar-refractivity contribution < 1.29 is 9.59 Å². The Morgan fingerprint density at radius 3 is 2.66 bits per heavy atom. The van der Waals surface area contributed by atoms with Gasteiger partial charge in [0.1, 0.15) is 19.2 Å². The lowest BCUT2D eigenvalue weighted by molar-refractivity contribution is -0.133. The molecule has 1 aromatic carbocycles. The Labute approximate surface area is 205 Å². The molecule has 5 rings (SSSR count). The summed E-state index contributed by atoms with van der Waals surface area (Å²) in [6, 6.07) is 12.6. The molecule has 0 radical (unpaired) electrons. The number of amides is 2. The van der Waals surface area contributed by atoms with Crippen molar-refractivity contribution in [2.75, 3.05) is 18.0 Å². The molecule has 4 heterocycles. The number of benzene rings is 1. The number of anilines is 1. The van der Waals surface area contributed by atoms with Crippen molar-refractivity contribution in [1.29, 1.82) is 0 Å². The lowest BCUT2D eigenvalue weighted by atomic mass is 10.1. The molecule has 3 aromatic rings. The molecule has 0 aliphatic carbocycles. The number of aromatic nitrogens is 4. The zero-order chi connectivity index (χ0) is 24.2. The number of hydrogen-bond donors (Lipinski definition) is 0. The van der Waals surface area contributed by atoms with Crippen molar-refractivity contribution in [3.63, 3.8) is 0 Å². The Kier molecular flexibility index (Phi) is 6.85. The summed E-state index contributed by atoms with van der Waals surface area (Å²) in [7, 11) is 0. The first-order valence-corrected chi connectivity index (χ1v) is 12.2. The maximum Gasteiger partial charge on any atom is 0.244 e. The van der Waals surface area contributed by atoms with E-state index in [1.807, 2.05) is 46.3 Å². The second-order valence-corrected chi connectivity index (χ2v) is 9.37. The monoisotopic (exact) mass is 473 g/mol. The zero-order valence-corrected chi connectivity index (χ0v) is 20.0. The minimum Gasteiger partial charge on any atom is -0.335 e. The maximum absolute atomic E-state index is 13.5. The minimum absolute atomic E-state index is 0.0105. The van der Waals surface area contributed by atoms with Gasteiger partial charge in [0.25, 0.3) is 0 Å². The third-order valence-corrected chi connectivity index (χ3v) is 7.12. The van der Waals surface area contributed by atoms with E-state index in [9.17, 15) is 9.59 Å². The van der Waals surface area contributed by atoms with Crippen LogP contribution in [0.15, 0.2) is 61.4 Å². The highest BCUT2D eigenvalue weighted by Crippen LogP contribution is 2.32. The van der Waals surface area contributed by atoms with Crippen LogP contribution in [0.2, 0.25) is 0 Å². The van der Waals surface area contributed by atoms with Crippen LogP contribution in [0.5, 0.6) is 0 Å². The van der Waals surface area contributed by atoms with Gasteiger partial charge in [-0.05, 0) is 42.5 Å². The highest BCUT2D eigenvalue weighted by atomic mass is 16.2. The molecule has 1 saturated heterocycles. The predicted molar refractivity (Wildman–Crippen MR) is 131 cm³/mol. The highest BCUT2D eigenvalue weighted by molar-refractivity contribution is 5.92. The molecule has 9 heteroatoms. The van der Waals surface area contributed by atoms with Crippen molar-refractivity contribution in [3.05, 3.63) is 72.6 Å². The second-order valence-electron chi connectivity index (χ2n) is 9.37. The van der Waals surface area contributed by atoms with Crippen LogP contribution in [0.1, 0.15) is 37.3 Å². The molecule has 2 unspecified atom stereocenters. The molecule has 2 aliphatic rings. The molecular formula is C26H31N7O2. The van der Waals surface area contributed by atoms with E-state index >= 15 is 0 Å². The van der Waals surface area contributed by atoms with Gasteiger partial charge in [-0.25, -0.2) is 9.67 Å². The van der Waals surface area contributed by atoms with E-state index in [1.54, 1.807) is 24.1 Å². The fourth-order valence-corrected chi connectivity index (χ4v) is 5.38. The Morgan fingerprint density at radius 1 is 1.03 bits per heavy atom. The molecule has 0 saturated carbocycles. The zero-order valence-electron chi connectivity index (χ0n) is 20.0. The van der Waals surface area contributed by atoms with E-state index < -0.39 is 0 Å². The van der Waals surface area contributed by atoms with Gasteiger partial charge < -0.3 is 9.80 Å². The minimum atomic E-state index is -0.0105. The van der Waals surface area contributed by atoms with E-state index in [1.165, 1.54) is 6.33 Å². The average molecular weight is 474 g/mol. The number of para-hydroxylation sites is 1. The first kappa shape index (κ1) is 23.2. The van der Waals surface area contributed by atoms with Gasteiger partial charge in [0.15, 0.2) is 0 Å². The van der Waals surface area contributed by atoms with Gasteiger partial charge in [0, 0.05) is 63.3 Å². The van der Waals surface area contributed by atoms with Crippen LogP contribution in [0, 0.1) is 0 Å². The van der Waals surface area contributed by atoms with Gasteiger partial charge in [-0.2, -0.15) is 5.10 Å². The molecule has 35 heavy (non-hydrogen) atoms. The summed E-state index contributed by atoms with van der Waals surface area (Å²) >= 11 is 0. The molecule has 2 aliphatic heterocycles. The standard InChI is InChI=1S/C26H31N7O2/c1-20(34)32-12-10-23-8-9-24(33(23)14-21-5-4-11-27-13-21)16-30(15-22-6-2-3-7-25(22)32)26(35)17-31-19-28-18-29-31/h2-7,11,13,18-19,23-24H,8-10,12,14-17H2,1H3. The summed E-state index contributed by atoms with van der Waals surface area (Å²) in [6.07, 6.45) is 9.65. The van der Waals surface area contributed by atoms with Crippen molar-refractivity contribution in [2.24, 2.45) is 0 Å². The van der Waals surface area contributed by atoms with Gasteiger partial charge in [0.05, 0.1) is 0 Å². The number of fused-ring (bicyclic) bond motifs is 3. The molecule has 2 aromatic heterocycles. The van der Waals surface area contributed by atoms with Crippen molar-refractivity contribution >= 4 is 17.5 Å². The van der Waals surface area contributed by atoms with E-state index in [0.717, 1.165) is 42.6 Å². The summed E-state index contributed by atoms with van der Waals surface area (Å²) in [5.41, 5.74) is 3.02. The smallest absolute Gasteiger partial charge is 0.244 e. The highest BCUT2D eigenvalue weighted by Gasteiger charge is 2.36. The molecule has 2 atom stereocenters. The largest absolute Gasteiger partial charge is 0.335 e. The van der Waals surface area contributed by atoms with Crippen LogP contribution in [0.4, 0.5) is 5.69 Å². The number of carbonyl (C=O) groups excluding carboxylic acids is 2. The molecule has 2 amide bonds. The molecular weight excluding hydrogens is 442 g/mol. The molecule has 0 spiro atoms. The van der Waals surface area contributed by atoms with Crippen LogP contribution in [-0.2, 0) is 29.2 Å². The predicted octanol–water partition coefficient (Wildman–Crippen LogP) is 2.49. The topological polar surface area (TPSA) is 87.5 Å². The summed E-state index contributed by atoms with van der Waals surface area (Å²) in [5.74, 6) is 0.00856. The number of nitrogens with zero attached hydrogens (tertiary/aromatic N) is 7. The van der Waals surface area contributed by atoms with Crippen LogP contribution < -0.4 is 4.90 Å². The van der Waals surface area contributed by atoms with Gasteiger partial charge in [0.2, 0.25) is 11.8 Å². The summed E-state index contributed by atoms with van der Waals surface area (Å²) in [5, 5.41) is 4.13. The third-order valence-electron chi connectivity index (χ3n) is 7.12. The van der Waals surface area contributed by atoms with Crippen molar-refractivity contribution in [3.8, 4) is 0 Å². The lowest BCUT2D eigenvalue weighted by Gasteiger charge is -2.33. The summed E-state index contributed by atoms with van der Waals surface area (Å²) in [4.78, 5) is 40.8. The fraction of sp³-hybridized carbons (Fsp3) is 0.423. The van der Waals surface area contributed by atoms with Gasteiger partial charge in [-0.15, -0.1) is 0 Å². The summed E-state index contributed by atoms with van der Waals surface area (Å²) < 4.78 is 1.56. The number of rotatable bonds is 4. The Bertz CT molecular complexity index is 1150. The Morgan fingerprint density at radius 2 is 1.89 bits per heavy atom. The Hall–Kier alpha value is -3.59. The van der Waals surface area contributed by atoms with Crippen molar-refractivity contribution in [1.82, 2.24) is 29.5 Å². The molecule has 0 N–H and O–H groups in total. The van der Waals surface area contributed by atoms with E-state index in [0.29, 0.717) is 25.7 Å². The van der Waals surface area contributed by atoms with Gasteiger partial charge in [-0.1, -0.05) is 24.3 Å². The van der Waals surface area contributed by atoms with Gasteiger partial charge in [-0.3, -0.25) is 19.5 Å². The quantitative estimate of drug-likeness (QED) is 0.579. The first-order chi connectivity index (χ1) is 17.1. The SMILES string of the molecule is CC(=O)N1CCC2CCC(CN(C(=O)Cn3cncn3)Cc3ccccc31)N2Cc1cccnc1. The fourth-order valence-electron chi connectivity index (χ4n) is 5.38. The first-order valence-electron chi connectivity index (χ1n) is 12.2. The molecule has 1 fully saturated rings. The molecule has 9 nitrogen and oxygen atoms in total. The number of carbonyl (C=O) groups is 2. The average Bonchev–Trinajstić information content (AvgIpc) is 3.49. The van der Waals surface area contributed by atoms with E-state index in [2.05, 4.69) is 26.0 Å². The van der Waals surface area contributed by atoms with E-state index in [-0.39, 0.29) is 24.4 Å². The second kappa shape index (κ2) is 10.4. The Balaban J connectivity index is 1.49. The molecule has 2 bridgehead atoms. The van der Waals surface area contributed by atoms with Crippen LogP contribution >= 0.6 is 0 Å². The van der Waals surface area contributed by atoms with Crippen LogP contribution in [-0.4, -0.2) is 66.5 Å². The van der Waals surface area contributed by atoms with Crippen molar-refractivity contribution in [2.45, 2.75) is 57.9 Å². The maximum atomic E-state index is 13.5.